The molecule has 16 heavy (non-hydrogen) atoms. The Kier molecular flexibility index (Phi) is 7.03. The summed E-state index contributed by atoms with van der Waals surface area (Å²) < 4.78 is 3.26. The van der Waals surface area contributed by atoms with Crippen molar-refractivity contribution in [3.05, 3.63) is 16.0 Å². The molecule has 0 aliphatic heterocycles. The van der Waals surface area contributed by atoms with Crippen LogP contribution in [0.25, 0.3) is 0 Å². The third kappa shape index (κ3) is 6.48. The minimum atomic E-state index is 0.617. The van der Waals surface area contributed by atoms with Gasteiger partial charge in [-0.05, 0) is 42.0 Å². The first-order valence-corrected chi connectivity index (χ1v) is 7.17. The van der Waals surface area contributed by atoms with Crippen LogP contribution >= 0.6 is 22.6 Å². The average Bonchev–Trinajstić information content (AvgIpc) is 2.62. The SMILES string of the molecule is CC(C)NCCCCCCn1cc(I)cn1. The largest absolute Gasteiger partial charge is 0.315 e. The first-order valence-electron chi connectivity index (χ1n) is 6.10. The van der Waals surface area contributed by atoms with Crippen LogP contribution in [0.3, 0.4) is 0 Å². The van der Waals surface area contributed by atoms with Gasteiger partial charge >= 0.3 is 0 Å². The smallest absolute Gasteiger partial charge is 0.0623 e. The highest BCUT2D eigenvalue weighted by Crippen LogP contribution is 2.04. The molecular formula is C12H22IN3. The van der Waals surface area contributed by atoms with Crippen molar-refractivity contribution in [3.63, 3.8) is 0 Å². The van der Waals surface area contributed by atoms with Crippen molar-refractivity contribution in [1.82, 2.24) is 15.1 Å². The number of halogens is 1. The zero-order chi connectivity index (χ0) is 11.8. The van der Waals surface area contributed by atoms with E-state index in [2.05, 4.69) is 53.1 Å². The van der Waals surface area contributed by atoms with Gasteiger partial charge in [-0.25, -0.2) is 0 Å². The van der Waals surface area contributed by atoms with E-state index in [0.29, 0.717) is 6.04 Å². The Bertz CT molecular complexity index is 284. The number of aryl methyl sites for hydroxylation is 1. The second-order valence-electron chi connectivity index (χ2n) is 4.44. The highest BCUT2D eigenvalue weighted by Gasteiger charge is 1.96. The number of nitrogens with zero attached hydrogens (tertiary/aromatic N) is 2. The van der Waals surface area contributed by atoms with Gasteiger partial charge in [-0.1, -0.05) is 26.7 Å². The fourth-order valence-electron chi connectivity index (χ4n) is 1.60. The lowest BCUT2D eigenvalue weighted by Crippen LogP contribution is -2.23. The van der Waals surface area contributed by atoms with Crippen molar-refractivity contribution in [3.8, 4) is 0 Å². The Hall–Kier alpha value is -0.100. The number of nitrogens with one attached hydrogen (secondary N) is 1. The van der Waals surface area contributed by atoms with E-state index in [0.717, 1.165) is 13.1 Å². The summed E-state index contributed by atoms with van der Waals surface area (Å²) in [5, 5.41) is 7.71. The van der Waals surface area contributed by atoms with Gasteiger partial charge in [-0.2, -0.15) is 5.10 Å². The first-order chi connectivity index (χ1) is 7.68. The van der Waals surface area contributed by atoms with Gasteiger partial charge < -0.3 is 5.32 Å². The summed E-state index contributed by atoms with van der Waals surface area (Å²) in [7, 11) is 0. The predicted octanol–water partition coefficient (Wildman–Crippen LogP) is 3.05. The zero-order valence-corrected chi connectivity index (χ0v) is 12.4. The monoisotopic (exact) mass is 335 g/mol. The van der Waals surface area contributed by atoms with Crippen molar-refractivity contribution in [2.75, 3.05) is 6.54 Å². The van der Waals surface area contributed by atoms with Crippen molar-refractivity contribution in [2.24, 2.45) is 0 Å². The van der Waals surface area contributed by atoms with E-state index in [1.165, 1.54) is 29.3 Å². The van der Waals surface area contributed by atoms with E-state index in [1.54, 1.807) is 0 Å². The summed E-state index contributed by atoms with van der Waals surface area (Å²) in [5.74, 6) is 0. The molecular weight excluding hydrogens is 313 g/mol. The molecule has 0 aliphatic carbocycles. The van der Waals surface area contributed by atoms with Gasteiger partial charge in [0.1, 0.15) is 0 Å². The van der Waals surface area contributed by atoms with Crippen LogP contribution in [-0.2, 0) is 6.54 Å². The van der Waals surface area contributed by atoms with Gasteiger partial charge in [-0.3, -0.25) is 4.68 Å². The molecule has 3 nitrogen and oxygen atoms in total. The van der Waals surface area contributed by atoms with E-state index in [9.17, 15) is 0 Å². The average molecular weight is 335 g/mol. The van der Waals surface area contributed by atoms with Crippen LogP contribution in [0.5, 0.6) is 0 Å². The topological polar surface area (TPSA) is 29.9 Å². The van der Waals surface area contributed by atoms with Crippen molar-refractivity contribution in [1.29, 1.82) is 0 Å². The van der Waals surface area contributed by atoms with Crippen LogP contribution in [0.4, 0.5) is 0 Å². The third-order valence-corrected chi connectivity index (χ3v) is 3.03. The molecule has 1 aromatic rings. The van der Waals surface area contributed by atoms with Crippen LogP contribution in [0.2, 0.25) is 0 Å². The van der Waals surface area contributed by atoms with Gasteiger partial charge in [0.15, 0.2) is 0 Å². The molecule has 0 saturated heterocycles. The van der Waals surface area contributed by atoms with Crippen LogP contribution in [0, 0.1) is 3.57 Å². The van der Waals surface area contributed by atoms with Gasteiger partial charge in [0.05, 0.1) is 9.77 Å². The zero-order valence-electron chi connectivity index (χ0n) is 10.2. The Labute approximate surface area is 112 Å². The first kappa shape index (κ1) is 14.0. The summed E-state index contributed by atoms with van der Waals surface area (Å²) in [4.78, 5) is 0. The molecule has 0 bridgehead atoms. The Morgan fingerprint density at radius 2 is 2.06 bits per heavy atom. The van der Waals surface area contributed by atoms with Gasteiger partial charge in [0.25, 0.3) is 0 Å². The van der Waals surface area contributed by atoms with Crippen LogP contribution < -0.4 is 5.32 Å². The molecule has 4 heteroatoms. The fourth-order valence-corrected chi connectivity index (χ4v) is 2.05. The molecule has 0 radical (unpaired) electrons. The Morgan fingerprint density at radius 1 is 1.31 bits per heavy atom. The molecule has 0 aliphatic rings. The van der Waals surface area contributed by atoms with Crippen LogP contribution in [0.1, 0.15) is 39.5 Å². The van der Waals surface area contributed by atoms with E-state index in [4.69, 9.17) is 0 Å². The van der Waals surface area contributed by atoms with Crippen LogP contribution in [-0.4, -0.2) is 22.4 Å². The standard InChI is InChI=1S/C12H22IN3/c1-11(2)14-7-5-3-4-6-8-16-10-12(13)9-15-16/h9-11,14H,3-8H2,1-2H3. The summed E-state index contributed by atoms with van der Waals surface area (Å²) in [6.07, 6.45) is 9.15. The van der Waals surface area contributed by atoms with Gasteiger partial charge in [-0.15, -0.1) is 0 Å². The molecule has 0 aromatic carbocycles. The summed E-state index contributed by atoms with van der Waals surface area (Å²) in [5.41, 5.74) is 0. The number of hydrogen-bond donors (Lipinski definition) is 1. The maximum atomic E-state index is 4.27. The van der Waals surface area contributed by atoms with E-state index in [1.807, 2.05) is 10.9 Å². The number of hydrogen-bond acceptors (Lipinski definition) is 2. The molecule has 1 aromatic heterocycles. The minimum Gasteiger partial charge on any atom is -0.315 e. The van der Waals surface area contributed by atoms with Crippen LogP contribution in [0.15, 0.2) is 12.4 Å². The highest BCUT2D eigenvalue weighted by atomic mass is 127. The van der Waals surface area contributed by atoms with Gasteiger partial charge in [0.2, 0.25) is 0 Å². The Morgan fingerprint density at radius 3 is 2.69 bits per heavy atom. The summed E-state index contributed by atoms with van der Waals surface area (Å²) in [6, 6.07) is 0.617. The molecule has 1 heterocycles. The number of rotatable bonds is 8. The maximum Gasteiger partial charge on any atom is 0.0623 e. The van der Waals surface area contributed by atoms with Gasteiger partial charge in [0, 0.05) is 18.8 Å². The third-order valence-electron chi connectivity index (χ3n) is 2.47. The number of unbranched alkanes of at least 4 members (excludes halogenated alkanes) is 3. The lowest BCUT2D eigenvalue weighted by Gasteiger charge is -2.07. The molecule has 0 fully saturated rings. The van der Waals surface area contributed by atoms with E-state index < -0.39 is 0 Å². The lowest BCUT2D eigenvalue weighted by molar-refractivity contribution is 0.510. The summed E-state index contributed by atoms with van der Waals surface area (Å²) in [6.45, 7) is 6.59. The fraction of sp³-hybridized carbons (Fsp3) is 0.750. The van der Waals surface area contributed by atoms with E-state index in [-0.39, 0.29) is 0 Å². The van der Waals surface area contributed by atoms with Crippen molar-refractivity contribution >= 4 is 22.6 Å². The molecule has 1 N–H and O–H groups in total. The molecule has 0 atom stereocenters. The highest BCUT2D eigenvalue weighted by molar-refractivity contribution is 14.1. The molecule has 0 amide bonds. The molecule has 0 unspecified atom stereocenters. The minimum absolute atomic E-state index is 0.617. The second kappa shape index (κ2) is 8.06. The normalized spacial score (nSPS) is 11.2. The Balaban J connectivity index is 1.92. The maximum absolute atomic E-state index is 4.27. The molecule has 92 valence electrons. The predicted molar refractivity (Wildman–Crippen MR) is 76.6 cm³/mol. The molecule has 1 rings (SSSR count). The summed E-state index contributed by atoms with van der Waals surface area (Å²) >= 11 is 2.29. The van der Waals surface area contributed by atoms with Crippen molar-refractivity contribution < 1.29 is 0 Å². The molecule has 0 spiro atoms. The molecule has 0 saturated carbocycles. The lowest BCUT2D eigenvalue weighted by atomic mass is 10.2. The van der Waals surface area contributed by atoms with Crippen molar-refractivity contribution in [2.45, 2.75) is 52.1 Å². The quantitative estimate of drug-likeness (QED) is 0.585. The second-order valence-corrected chi connectivity index (χ2v) is 5.69. The van der Waals surface area contributed by atoms with E-state index >= 15 is 0 Å². The number of aromatic nitrogens is 2.